The lowest BCUT2D eigenvalue weighted by molar-refractivity contribution is 0.612. The molecular weight excluding hydrogens is 278 g/mol. The highest BCUT2D eigenvalue weighted by atomic mass is 32.1. The van der Waals surface area contributed by atoms with Gasteiger partial charge in [0.2, 0.25) is 0 Å². The van der Waals surface area contributed by atoms with Crippen LogP contribution >= 0.6 is 11.3 Å². The van der Waals surface area contributed by atoms with Gasteiger partial charge in [0.15, 0.2) is 5.13 Å². The number of thiazole rings is 1. The molecule has 0 aliphatic carbocycles. The number of hydrogen-bond acceptors (Lipinski definition) is 4. The van der Waals surface area contributed by atoms with Crippen LogP contribution in [0.2, 0.25) is 0 Å². The van der Waals surface area contributed by atoms with Crippen LogP contribution in [-0.2, 0) is 6.54 Å². The van der Waals surface area contributed by atoms with Gasteiger partial charge >= 0.3 is 0 Å². The molecule has 0 amide bonds. The third kappa shape index (κ3) is 4.19. The van der Waals surface area contributed by atoms with Crippen LogP contribution in [-0.4, -0.2) is 24.1 Å². The van der Waals surface area contributed by atoms with E-state index in [0.717, 1.165) is 19.5 Å². The predicted octanol–water partition coefficient (Wildman–Crippen LogP) is 4.54. The number of nitrogens with one attached hydrogen (secondary N) is 1. The van der Waals surface area contributed by atoms with Crippen LogP contribution in [0.3, 0.4) is 0 Å². The Bertz CT molecular complexity index is 430. The monoisotopic (exact) mass is 309 g/mol. The summed E-state index contributed by atoms with van der Waals surface area (Å²) in [6.07, 6.45) is 6.52. The lowest BCUT2D eigenvalue weighted by Crippen LogP contribution is -2.32. The fraction of sp³-hybridized carbons (Fsp3) is 0.824. The van der Waals surface area contributed by atoms with Crippen molar-refractivity contribution in [2.45, 2.75) is 78.3 Å². The summed E-state index contributed by atoms with van der Waals surface area (Å²) in [5.74, 6) is 0.561. The highest BCUT2D eigenvalue weighted by Crippen LogP contribution is 2.34. The van der Waals surface area contributed by atoms with Gasteiger partial charge in [0.05, 0.1) is 5.69 Å². The summed E-state index contributed by atoms with van der Waals surface area (Å²) in [6.45, 7) is 12.3. The van der Waals surface area contributed by atoms with Gasteiger partial charge in [-0.2, -0.15) is 0 Å². The second-order valence-electron chi connectivity index (χ2n) is 6.29. The van der Waals surface area contributed by atoms with Gasteiger partial charge in [0.1, 0.15) is 0 Å². The summed E-state index contributed by atoms with van der Waals surface area (Å²) >= 11 is 1.91. The highest BCUT2D eigenvalue weighted by Gasteiger charge is 2.23. The van der Waals surface area contributed by atoms with E-state index in [4.69, 9.17) is 4.98 Å². The van der Waals surface area contributed by atoms with Gasteiger partial charge in [-0.05, 0) is 38.6 Å². The van der Waals surface area contributed by atoms with E-state index in [1.165, 1.54) is 47.9 Å². The quantitative estimate of drug-likeness (QED) is 0.836. The van der Waals surface area contributed by atoms with E-state index in [9.17, 15) is 0 Å². The minimum atomic E-state index is 0.561. The lowest BCUT2D eigenvalue weighted by atomic mass is 10.0. The smallest absolute Gasteiger partial charge is 0.186 e. The molecule has 1 aromatic rings. The molecule has 120 valence electrons. The van der Waals surface area contributed by atoms with E-state index in [-0.39, 0.29) is 0 Å². The van der Waals surface area contributed by atoms with E-state index in [0.29, 0.717) is 12.0 Å². The molecule has 0 bridgehead atoms. The molecule has 1 fully saturated rings. The number of aromatic nitrogens is 1. The molecule has 1 saturated heterocycles. The molecule has 2 rings (SSSR count). The van der Waals surface area contributed by atoms with Crippen molar-refractivity contribution in [3.63, 3.8) is 0 Å². The summed E-state index contributed by atoms with van der Waals surface area (Å²) in [5, 5.41) is 4.73. The third-order valence-corrected chi connectivity index (χ3v) is 5.74. The van der Waals surface area contributed by atoms with Crippen LogP contribution in [0.1, 0.15) is 76.3 Å². The van der Waals surface area contributed by atoms with Crippen molar-refractivity contribution < 1.29 is 0 Å². The van der Waals surface area contributed by atoms with Crippen LogP contribution in [0.25, 0.3) is 0 Å². The van der Waals surface area contributed by atoms with E-state index in [1.54, 1.807) is 0 Å². The Morgan fingerprint density at radius 2 is 2.14 bits per heavy atom. The van der Waals surface area contributed by atoms with Crippen LogP contribution < -0.4 is 10.2 Å². The first-order chi connectivity index (χ1) is 10.2. The Kier molecular flexibility index (Phi) is 6.49. The molecule has 1 aliphatic heterocycles. The Morgan fingerprint density at radius 1 is 1.33 bits per heavy atom. The predicted molar refractivity (Wildman–Crippen MR) is 93.5 cm³/mol. The average Bonchev–Trinajstić information content (AvgIpc) is 2.79. The van der Waals surface area contributed by atoms with Crippen LogP contribution in [0.4, 0.5) is 5.13 Å². The lowest BCUT2D eigenvalue weighted by Gasteiger charge is -2.26. The maximum absolute atomic E-state index is 5.05. The molecule has 3 nitrogen and oxygen atoms in total. The molecule has 2 atom stereocenters. The highest BCUT2D eigenvalue weighted by molar-refractivity contribution is 7.15. The fourth-order valence-electron chi connectivity index (χ4n) is 2.98. The average molecular weight is 310 g/mol. The first kappa shape index (κ1) is 16.8. The molecule has 2 heterocycles. The normalized spacial score (nSPS) is 21.3. The topological polar surface area (TPSA) is 28.2 Å². The molecule has 1 aliphatic rings. The molecular formula is C17H31N3S. The van der Waals surface area contributed by atoms with Gasteiger partial charge in [-0.15, -0.1) is 11.3 Å². The molecule has 4 heteroatoms. The summed E-state index contributed by atoms with van der Waals surface area (Å²) in [7, 11) is 0. The maximum atomic E-state index is 5.05. The van der Waals surface area contributed by atoms with Crippen LogP contribution in [0, 0.1) is 0 Å². The molecule has 0 radical (unpaired) electrons. The van der Waals surface area contributed by atoms with Crippen molar-refractivity contribution in [3.8, 4) is 0 Å². The number of hydrogen-bond donors (Lipinski definition) is 1. The van der Waals surface area contributed by atoms with E-state index in [2.05, 4.69) is 37.9 Å². The summed E-state index contributed by atoms with van der Waals surface area (Å²) in [4.78, 5) is 9.05. The van der Waals surface area contributed by atoms with Crippen LogP contribution in [0.5, 0.6) is 0 Å². The van der Waals surface area contributed by atoms with Gasteiger partial charge in [-0.3, -0.25) is 0 Å². The zero-order valence-electron chi connectivity index (χ0n) is 14.1. The zero-order valence-corrected chi connectivity index (χ0v) is 14.9. The summed E-state index contributed by atoms with van der Waals surface area (Å²) in [6, 6.07) is 0.635. The van der Waals surface area contributed by atoms with Crippen molar-refractivity contribution in [2.24, 2.45) is 0 Å². The fourth-order valence-corrected chi connectivity index (χ4v) is 4.25. The van der Waals surface area contributed by atoms with Gasteiger partial charge in [0, 0.05) is 24.0 Å². The third-order valence-electron chi connectivity index (χ3n) is 4.63. The van der Waals surface area contributed by atoms with E-state index >= 15 is 0 Å². The van der Waals surface area contributed by atoms with Crippen molar-refractivity contribution in [2.75, 3.05) is 18.0 Å². The first-order valence-electron chi connectivity index (χ1n) is 8.64. The van der Waals surface area contributed by atoms with Gasteiger partial charge < -0.3 is 10.2 Å². The molecule has 1 N–H and O–H groups in total. The van der Waals surface area contributed by atoms with Crippen molar-refractivity contribution >= 4 is 16.5 Å². The Morgan fingerprint density at radius 3 is 2.86 bits per heavy atom. The van der Waals surface area contributed by atoms with Gasteiger partial charge in [-0.25, -0.2) is 4.98 Å². The van der Waals surface area contributed by atoms with Crippen molar-refractivity contribution in [3.05, 3.63) is 10.6 Å². The van der Waals surface area contributed by atoms with Gasteiger partial charge in [0.25, 0.3) is 0 Å². The Labute approximate surface area is 134 Å². The van der Waals surface area contributed by atoms with Gasteiger partial charge in [-0.1, -0.05) is 33.6 Å². The van der Waals surface area contributed by atoms with E-state index < -0.39 is 0 Å². The summed E-state index contributed by atoms with van der Waals surface area (Å²) < 4.78 is 0. The molecule has 0 aromatic carbocycles. The minimum Gasteiger partial charge on any atom is -0.345 e. The number of rotatable bonds is 6. The van der Waals surface area contributed by atoms with E-state index in [1.807, 2.05) is 11.3 Å². The second kappa shape index (κ2) is 8.14. The minimum absolute atomic E-state index is 0.561. The maximum Gasteiger partial charge on any atom is 0.186 e. The van der Waals surface area contributed by atoms with Crippen molar-refractivity contribution in [1.29, 1.82) is 0 Å². The standard InChI is InChI=1S/C17H31N3S/c1-5-13(3)16-15(12-18-6-2)21-17(19-16)20-11-9-7-8-10-14(20)4/h13-14,18H,5-12H2,1-4H3. The van der Waals surface area contributed by atoms with Crippen molar-refractivity contribution in [1.82, 2.24) is 10.3 Å². The Hall–Kier alpha value is -0.610. The molecule has 0 saturated carbocycles. The zero-order chi connectivity index (χ0) is 15.2. The molecule has 0 spiro atoms. The summed E-state index contributed by atoms with van der Waals surface area (Å²) in [5.41, 5.74) is 1.33. The first-order valence-corrected chi connectivity index (χ1v) is 9.45. The molecule has 2 unspecified atom stereocenters. The second-order valence-corrected chi connectivity index (χ2v) is 7.35. The van der Waals surface area contributed by atoms with Crippen LogP contribution in [0.15, 0.2) is 0 Å². The SMILES string of the molecule is CCNCc1sc(N2CCCCCC2C)nc1C(C)CC. The number of nitrogens with zero attached hydrogens (tertiary/aromatic N) is 2. The largest absolute Gasteiger partial charge is 0.345 e. The molecule has 21 heavy (non-hydrogen) atoms. The Balaban J connectivity index is 2.24. The molecule has 1 aromatic heterocycles. The number of anilines is 1.